The van der Waals surface area contributed by atoms with Crippen LogP contribution in [0.25, 0.3) is 0 Å². The van der Waals surface area contributed by atoms with Gasteiger partial charge in [-0.2, -0.15) is 0 Å². The van der Waals surface area contributed by atoms with Gasteiger partial charge in [0.2, 0.25) is 0 Å². The minimum absolute atomic E-state index is 0.372. The van der Waals surface area contributed by atoms with Crippen molar-refractivity contribution in [3.63, 3.8) is 0 Å². The van der Waals surface area contributed by atoms with Gasteiger partial charge in [-0.15, -0.1) is 0 Å². The molecule has 1 aliphatic carbocycles. The minimum atomic E-state index is -1.23. The van der Waals surface area contributed by atoms with Crippen molar-refractivity contribution in [1.29, 1.82) is 0 Å². The predicted molar refractivity (Wildman–Crippen MR) is 52.4 cm³/mol. The molecule has 0 spiro atoms. The van der Waals surface area contributed by atoms with Crippen LogP contribution in [0.4, 0.5) is 0 Å². The number of rotatable bonds is 2. The molecule has 3 heteroatoms. The Bertz CT molecular complexity index is 170. The Labute approximate surface area is 96.7 Å². The molecule has 0 aromatic rings. The van der Waals surface area contributed by atoms with Crippen LogP contribution >= 0.6 is 8.25 Å². The van der Waals surface area contributed by atoms with Crippen LogP contribution in [0.1, 0.15) is 38.5 Å². The van der Waals surface area contributed by atoms with Crippen LogP contribution in [0.15, 0.2) is 9.16 Å². The summed E-state index contributed by atoms with van der Waals surface area (Å²) in [7, 11) is 7.92. The van der Waals surface area contributed by atoms with Gasteiger partial charge in [0.15, 0.2) is 0 Å². The van der Waals surface area contributed by atoms with Crippen LogP contribution in [0.2, 0.25) is 0 Å². The van der Waals surface area contributed by atoms with E-state index < -0.39 is 23.3 Å². The normalized spacial score (nSPS) is 29.1. The van der Waals surface area contributed by atoms with Crippen LogP contribution in [0, 0.1) is 0 Å². The SMILES string of the molecule is COC1CCCCCC/C=[C]\1[Hg][Cl]. The van der Waals surface area contributed by atoms with Gasteiger partial charge in [-0.3, -0.25) is 0 Å². The molecule has 0 bridgehead atoms. The fraction of sp³-hybridized carbons (Fsp3) is 0.800. The maximum absolute atomic E-state index is 6.11. The van der Waals surface area contributed by atoms with Crippen molar-refractivity contribution in [2.24, 2.45) is 0 Å². The molecule has 0 heterocycles. The second-order valence-corrected chi connectivity index (χ2v) is 10.2. The monoisotopic (exact) mass is 390 g/mol. The van der Waals surface area contributed by atoms with E-state index in [-0.39, 0.29) is 0 Å². The molecule has 0 fully saturated rings. The van der Waals surface area contributed by atoms with E-state index in [1.807, 2.05) is 7.11 Å². The Morgan fingerprint density at radius 1 is 1.38 bits per heavy atom. The topological polar surface area (TPSA) is 9.23 Å². The van der Waals surface area contributed by atoms with Gasteiger partial charge in [-0.1, -0.05) is 0 Å². The Kier molecular flexibility index (Phi) is 6.69. The summed E-state index contributed by atoms with van der Waals surface area (Å²) in [5.41, 5.74) is 0. The van der Waals surface area contributed by atoms with Gasteiger partial charge in [0, 0.05) is 0 Å². The molecular weight excluding hydrogens is 372 g/mol. The van der Waals surface area contributed by atoms with Gasteiger partial charge >= 0.3 is 97.2 Å². The number of allylic oxidation sites excluding steroid dienone is 1. The molecule has 72 valence electrons. The van der Waals surface area contributed by atoms with E-state index in [2.05, 4.69) is 6.08 Å². The zero-order valence-electron chi connectivity index (χ0n) is 8.39. The van der Waals surface area contributed by atoms with E-state index in [0.717, 1.165) is 0 Å². The molecular formula is C10H17ClHgO. The van der Waals surface area contributed by atoms with Crippen LogP contribution in [-0.4, -0.2) is 13.2 Å². The van der Waals surface area contributed by atoms with E-state index in [0.29, 0.717) is 6.10 Å². The number of halogens is 1. The first kappa shape index (κ1) is 12.0. The third-order valence-electron chi connectivity index (χ3n) is 2.68. The molecule has 1 aliphatic rings. The molecule has 0 saturated carbocycles. The molecule has 13 heavy (non-hydrogen) atoms. The van der Waals surface area contributed by atoms with E-state index in [9.17, 15) is 0 Å². The van der Waals surface area contributed by atoms with Crippen molar-refractivity contribution in [2.45, 2.75) is 44.6 Å². The molecule has 1 rings (SSSR count). The molecule has 1 atom stereocenters. The quantitative estimate of drug-likeness (QED) is 0.658. The Hall–Kier alpha value is 0.925. The molecule has 1 nitrogen and oxygen atoms in total. The first-order valence-corrected chi connectivity index (χ1v) is 14.7. The predicted octanol–water partition coefficient (Wildman–Crippen LogP) is 3.48. The fourth-order valence-electron chi connectivity index (χ4n) is 1.84. The summed E-state index contributed by atoms with van der Waals surface area (Å²) in [5, 5.41) is 0. The second-order valence-electron chi connectivity index (χ2n) is 3.63. The number of hydrogen-bond acceptors (Lipinski definition) is 1. The Morgan fingerprint density at radius 3 is 2.85 bits per heavy atom. The number of hydrogen-bond donors (Lipinski definition) is 0. The average molecular weight is 389 g/mol. The van der Waals surface area contributed by atoms with Gasteiger partial charge in [0.25, 0.3) is 0 Å². The Morgan fingerprint density at radius 2 is 2.15 bits per heavy atom. The van der Waals surface area contributed by atoms with E-state index in [1.54, 1.807) is 0 Å². The second kappa shape index (κ2) is 7.25. The van der Waals surface area contributed by atoms with Crippen LogP contribution in [0.5, 0.6) is 0 Å². The molecule has 0 aliphatic heterocycles. The molecule has 1 unspecified atom stereocenters. The molecule has 0 radical (unpaired) electrons. The molecule has 0 N–H and O–H groups in total. The molecule has 0 saturated heterocycles. The summed E-state index contributed by atoms with van der Waals surface area (Å²) in [6, 6.07) is 0. The van der Waals surface area contributed by atoms with Gasteiger partial charge in [0.05, 0.1) is 0 Å². The maximum atomic E-state index is 6.11. The van der Waals surface area contributed by atoms with Gasteiger partial charge in [0.1, 0.15) is 0 Å². The van der Waals surface area contributed by atoms with Crippen molar-refractivity contribution < 1.29 is 28.1 Å². The van der Waals surface area contributed by atoms with Crippen molar-refractivity contribution in [3.05, 3.63) is 9.16 Å². The molecule has 0 aromatic carbocycles. The summed E-state index contributed by atoms with van der Waals surface area (Å²) >= 11 is -1.23. The van der Waals surface area contributed by atoms with Crippen molar-refractivity contribution in [2.75, 3.05) is 7.11 Å². The summed E-state index contributed by atoms with van der Waals surface area (Å²) in [4.78, 5) is 0. The Balaban J connectivity index is 2.57. The third-order valence-corrected chi connectivity index (χ3v) is 9.48. The van der Waals surface area contributed by atoms with Gasteiger partial charge in [-0.05, 0) is 0 Å². The van der Waals surface area contributed by atoms with Crippen molar-refractivity contribution in [3.8, 4) is 0 Å². The first-order chi connectivity index (χ1) is 6.38. The standard InChI is InChI=1S/C10H17O.ClH.Hg/c1-11-10-8-6-4-2-3-5-7-9-10;;/h6,10H,2-5,7,9H2,1H3;1H;/q;;+1/p-1. The summed E-state index contributed by atoms with van der Waals surface area (Å²) in [6.45, 7) is 0. The number of methoxy groups -OCH3 is 1. The van der Waals surface area contributed by atoms with Crippen LogP contribution < -0.4 is 0 Å². The number of ether oxygens (including phenoxy) is 1. The summed E-state index contributed by atoms with van der Waals surface area (Å²) in [5.74, 6) is 0. The van der Waals surface area contributed by atoms with Crippen molar-refractivity contribution >= 4 is 8.25 Å². The van der Waals surface area contributed by atoms with Gasteiger partial charge < -0.3 is 0 Å². The zero-order valence-corrected chi connectivity index (χ0v) is 14.6. The third kappa shape index (κ3) is 4.31. The van der Waals surface area contributed by atoms with E-state index in [1.165, 1.54) is 41.6 Å². The average Bonchev–Trinajstić information content (AvgIpc) is 2.28. The fourth-order valence-corrected chi connectivity index (χ4v) is 7.64. The summed E-state index contributed by atoms with van der Waals surface area (Å²) < 4.78 is 6.99. The van der Waals surface area contributed by atoms with E-state index >= 15 is 0 Å². The first-order valence-electron chi connectivity index (χ1n) is 5.16. The molecule has 0 aromatic heterocycles. The van der Waals surface area contributed by atoms with Crippen LogP contribution in [-0.2, 0) is 28.1 Å². The van der Waals surface area contributed by atoms with Crippen molar-refractivity contribution in [1.82, 2.24) is 0 Å². The zero-order chi connectivity index (χ0) is 9.52. The van der Waals surface area contributed by atoms with Gasteiger partial charge in [-0.25, -0.2) is 0 Å². The molecule has 0 amide bonds. The summed E-state index contributed by atoms with van der Waals surface area (Å²) in [6.07, 6.45) is 10.5. The van der Waals surface area contributed by atoms with E-state index in [4.69, 9.17) is 13.0 Å². The van der Waals surface area contributed by atoms with Crippen LogP contribution in [0.3, 0.4) is 0 Å².